The highest BCUT2D eigenvalue weighted by atomic mass is 35.5. The van der Waals surface area contributed by atoms with Gasteiger partial charge in [-0.2, -0.15) is 0 Å². The normalized spacial score (nSPS) is 20.7. The maximum atomic E-state index is 12.8. The third-order valence-corrected chi connectivity index (χ3v) is 4.36. The number of amides is 1. The van der Waals surface area contributed by atoms with E-state index in [0.29, 0.717) is 15.7 Å². The van der Waals surface area contributed by atoms with Crippen LogP contribution in [0.3, 0.4) is 0 Å². The molecule has 1 amide bonds. The minimum absolute atomic E-state index is 0.207. The lowest BCUT2D eigenvalue weighted by Crippen LogP contribution is -2.33. The van der Waals surface area contributed by atoms with Gasteiger partial charge in [0.25, 0.3) is 0 Å². The van der Waals surface area contributed by atoms with Crippen molar-refractivity contribution in [1.29, 1.82) is 0 Å². The molecule has 2 aromatic rings. The predicted molar refractivity (Wildman–Crippen MR) is 84.0 cm³/mol. The fourth-order valence-corrected chi connectivity index (χ4v) is 3.06. The SMILES string of the molecule is CC1(C)C(=O)C(n2ccnc2)N(c2ccc(Cl)cc2Cl)C1=O. The number of halogens is 2. The van der Waals surface area contributed by atoms with E-state index in [1.807, 2.05) is 0 Å². The molecule has 1 saturated heterocycles. The van der Waals surface area contributed by atoms with Gasteiger partial charge >= 0.3 is 0 Å². The van der Waals surface area contributed by atoms with Crippen molar-refractivity contribution in [3.63, 3.8) is 0 Å². The van der Waals surface area contributed by atoms with Crippen LogP contribution in [0.2, 0.25) is 10.0 Å². The van der Waals surface area contributed by atoms with Crippen molar-refractivity contribution in [2.45, 2.75) is 20.0 Å². The standard InChI is InChI=1S/C15H13Cl2N3O2/c1-15(2)12(21)13(19-6-5-18-8-19)20(14(15)22)11-4-3-9(16)7-10(11)17/h3-8,13H,1-2H3. The molecule has 5 nitrogen and oxygen atoms in total. The van der Waals surface area contributed by atoms with Crippen LogP contribution in [0.1, 0.15) is 20.0 Å². The van der Waals surface area contributed by atoms with E-state index >= 15 is 0 Å². The first-order chi connectivity index (χ1) is 10.3. The lowest BCUT2D eigenvalue weighted by atomic mass is 9.90. The third-order valence-electron chi connectivity index (χ3n) is 3.83. The van der Waals surface area contributed by atoms with Crippen molar-refractivity contribution in [2.75, 3.05) is 4.90 Å². The quantitative estimate of drug-likeness (QED) is 0.790. The fourth-order valence-electron chi connectivity index (χ4n) is 2.56. The summed E-state index contributed by atoms with van der Waals surface area (Å²) < 4.78 is 1.60. The molecular formula is C15H13Cl2N3O2. The second-order valence-electron chi connectivity index (χ2n) is 5.64. The molecule has 1 unspecified atom stereocenters. The first-order valence-electron chi connectivity index (χ1n) is 6.64. The van der Waals surface area contributed by atoms with Gasteiger partial charge in [-0.3, -0.25) is 14.5 Å². The van der Waals surface area contributed by atoms with Gasteiger partial charge in [-0.05, 0) is 32.0 Å². The van der Waals surface area contributed by atoms with Crippen LogP contribution in [-0.4, -0.2) is 21.2 Å². The largest absolute Gasteiger partial charge is 0.309 e. The summed E-state index contributed by atoms with van der Waals surface area (Å²) in [5.74, 6) is -0.512. The summed E-state index contributed by atoms with van der Waals surface area (Å²) in [4.78, 5) is 30.8. The van der Waals surface area contributed by atoms with Gasteiger partial charge < -0.3 is 4.57 Å². The van der Waals surface area contributed by atoms with Gasteiger partial charge in [0.05, 0.1) is 17.0 Å². The first-order valence-corrected chi connectivity index (χ1v) is 7.40. The van der Waals surface area contributed by atoms with Gasteiger partial charge in [0, 0.05) is 17.4 Å². The second-order valence-corrected chi connectivity index (χ2v) is 6.49. The van der Waals surface area contributed by atoms with Crippen LogP contribution < -0.4 is 4.90 Å². The highest BCUT2D eigenvalue weighted by Crippen LogP contribution is 2.43. The molecule has 3 rings (SSSR count). The second kappa shape index (κ2) is 5.11. The fraction of sp³-hybridized carbons (Fsp3) is 0.267. The monoisotopic (exact) mass is 337 g/mol. The van der Waals surface area contributed by atoms with E-state index in [2.05, 4.69) is 4.98 Å². The summed E-state index contributed by atoms with van der Waals surface area (Å²) in [6.07, 6.45) is 3.91. The minimum atomic E-state index is -1.13. The lowest BCUT2D eigenvalue weighted by molar-refractivity contribution is -0.133. The number of imidazole rings is 1. The Labute approximate surface area is 137 Å². The number of Topliss-reactive ketones (excluding diaryl/α,β-unsaturated/α-hetero) is 1. The van der Waals surface area contributed by atoms with E-state index in [4.69, 9.17) is 23.2 Å². The van der Waals surface area contributed by atoms with Crippen LogP contribution in [-0.2, 0) is 9.59 Å². The molecule has 1 aliphatic rings. The summed E-state index contributed by atoms with van der Waals surface area (Å²) in [6.45, 7) is 3.23. The molecule has 0 N–H and O–H groups in total. The zero-order valence-electron chi connectivity index (χ0n) is 12.0. The number of benzene rings is 1. The Kier molecular flexibility index (Phi) is 3.50. The molecule has 0 radical (unpaired) electrons. The highest BCUT2D eigenvalue weighted by Gasteiger charge is 2.54. The molecule has 1 fully saturated rings. The smallest absolute Gasteiger partial charge is 0.242 e. The summed E-state index contributed by atoms with van der Waals surface area (Å²) in [5.41, 5.74) is -0.675. The molecule has 1 aliphatic heterocycles. The van der Waals surface area contributed by atoms with E-state index < -0.39 is 11.6 Å². The molecule has 2 heterocycles. The van der Waals surface area contributed by atoms with E-state index in [1.165, 1.54) is 11.2 Å². The van der Waals surface area contributed by atoms with E-state index in [0.717, 1.165) is 0 Å². The molecule has 7 heteroatoms. The molecule has 1 atom stereocenters. The first kappa shape index (κ1) is 15.1. The maximum absolute atomic E-state index is 12.8. The molecule has 1 aromatic heterocycles. The van der Waals surface area contributed by atoms with Gasteiger partial charge in [0.2, 0.25) is 5.91 Å². The average molecular weight is 338 g/mol. The number of hydrogen-bond acceptors (Lipinski definition) is 3. The van der Waals surface area contributed by atoms with Crippen molar-refractivity contribution >= 4 is 40.6 Å². The van der Waals surface area contributed by atoms with Crippen LogP contribution in [0.5, 0.6) is 0 Å². The Balaban J connectivity index is 2.18. The van der Waals surface area contributed by atoms with Crippen molar-refractivity contribution in [3.8, 4) is 0 Å². The third kappa shape index (κ3) is 2.12. The van der Waals surface area contributed by atoms with Gasteiger partial charge in [0.1, 0.15) is 5.41 Å². The number of nitrogens with zero attached hydrogens (tertiary/aromatic N) is 3. The number of aromatic nitrogens is 2. The zero-order chi connectivity index (χ0) is 16.1. The number of anilines is 1. The molecule has 1 aromatic carbocycles. The Morgan fingerprint density at radius 1 is 1.23 bits per heavy atom. The molecule has 0 saturated carbocycles. The number of hydrogen-bond donors (Lipinski definition) is 0. The summed E-state index contributed by atoms with van der Waals surface area (Å²) in [6, 6.07) is 4.82. The van der Waals surface area contributed by atoms with Crippen LogP contribution in [0.4, 0.5) is 5.69 Å². The highest BCUT2D eigenvalue weighted by molar-refractivity contribution is 6.37. The number of rotatable bonds is 2. The van der Waals surface area contributed by atoms with E-state index in [1.54, 1.807) is 49.0 Å². The van der Waals surface area contributed by atoms with Gasteiger partial charge in [-0.1, -0.05) is 23.2 Å². The Morgan fingerprint density at radius 3 is 2.55 bits per heavy atom. The van der Waals surface area contributed by atoms with Crippen LogP contribution in [0.25, 0.3) is 0 Å². The van der Waals surface area contributed by atoms with Gasteiger partial charge in [0.15, 0.2) is 11.9 Å². The van der Waals surface area contributed by atoms with E-state index in [-0.39, 0.29) is 11.7 Å². The summed E-state index contributed by atoms with van der Waals surface area (Å²) in [5, 5.41) is 0.779. The van der Waals surface area contributed by atoms with Crippen molar-refractivity contribution in [3.05, 3.63) is 47.0 Å². The van der Waals surface area contributed by atoms with Crippen molar-refractivity contribution < 1.29 is 9.59 Å². The van der Waals surface area contributed by atoms with Gasteiger partial charge in [-0.25, -0.2) is 4.98 Å². The number of carbonyl (C=O) groups excluding carboxylic acids is 2. The molecule has 0 aliphatic carbocycles. The predicted octanol–water partition coefficient (Wildman–Crippen LogP) is 3.33. The molecule has 114 valence electrons. The number of ketones is 1. The summed E-state index contributed by atoms with van der Waals surface area (Å²) >= 11 is 12.1. The topological polar surface area (TPSA) is 55.2 Å². The zero-order valence-corrected chi connectivity index (χ0v) is 13.5. The Bertz CT molecular complexity index is 756. The number of carbonyl (C=O) groups is 2. The van der Waals surface area contributed by atoms with Crippen LogP contribution in [0, 0.1) is 5.41 Å². The lowest BCUT2D eigenvalue weighted by Gasteiger charge is -2.25. The van der Waals surface area contributed by atoms with Crippen molar-refractivity contribution in [2.24, 2.45) is 5.41 Å². The van der Waals surface area contributed by atoms with Crippen LogP contribution in [0.15, 0.2) is 36.9 Å². The Hall–Kier alpha value is -1.85. The molecule has 22 heavy (non-hydrogen) atoms. The Morgan fingerprint density at radius 2 is 1.95 bits per heavy atom. The molecule has 0 spiro atoms. The maximum Gasteiger partial charge on any atom is 0.242 e. The average Bonchev–Trinajstić information content (AvgIpc) is 3.02. The van der Waals surface area contributed by atoms with Crippen molar-refractivity contribution in [1.82, 2.24) is 9.55 Å². The van der Waals surface area contributed by atoms with E-state index in [9.17, 15) is 9.59 Å². The molecule has 0 bridgehead atoms. The van der Waals surface area contributed by atoms with Crippen LogP contribution >= 0.6 is 23.2 Å². The molecular weight excluding hydrogens is 325 g/mol. The minimum Gasteiger partial charge on any atom is -0.309 e. The summed E-state index contributed by atoms with van der Waals surface area (Å²) in [7, 11) is 0. The van der Waals surface area contributed by atoms with Gasteiger partial charge in [-0.15, -0.1) is 0 Å².